The molecule has 102 valence electrons. The Labute approximate surface area is 116 Å². The van der Waals surface area contributed by atoms with E-state index in [9.17, 15) is 18.4 Å². The number of rotatable bonds is 2. The highest BCUT2D eigenvalue weighted by molar-refractivity contribution is 9.10. The molecule has 1 aliphatic rings. The number of methoxy groups -OCH3 is 1. The SMILES string of the molecule is COC(=O)C1CC(=O)N(c2cc(F)c(F)cc2Br)C1. The Kier molecular flexibility index (Phi) is 3.84. The van der Waals surface area contributed by atoms with Crippen LogP contribution in [0, 0.1) is 17.6 Å². The standard InChI is InChI=1S/C12H10BrF2NO3/c1-19-12(18)6-2-11(17)16(5-6)10-4-9(15)8(14)3-7(10)13/h3-4,6H,2,5H2,1H3. The Bertz CT molecular complexity index is 550. The van der Waals surface area contributed by atoms with Crippen LogP contribution in [0.25, 0.3) is 0 Å². The molecular formula is C12H10BrF2NO3. The van der Waals surface area contributed by atoms with Crippen molar-refractivity contribution in [2.75, 3.05) is 18.6 Å². The number of anilines is 1. The molecule has 1 unspecified atom stereocenters. The average Bonchev–Trinajstić information content (AvgIpc) is 2.75. The number of esters is 1. The summed E-state index contributed by atoms with van der Waals surface area (Å²) in [6, 6.07) is 1.88. The second-order valence-electron chi connectivity index (χ2n) is 4.15. The van der Waals surface area contributed by atoms with Gasteiger partial charge in [-0.25, -0.2) is 8.78 Å². The average molecular weight is 334 g/mol. The first-order valence-electron chi connectivity index (χ1n) is 5.46. The number of benzene rings is 1. The number of halogens is 3. The molecule has 19 heavy (non-hydrogen) atoms. The minimum absolute atomic E-state index is 0.00188. The van der Waals surface area contributed by atoms with Crippen LogP contribution in [-0.4, -0.2) is 25.5 Å². The van der Waals surface area contributed by atoms with Crippen molar-refractivity contribution in [2.45, 2.75) is 6.42 Å². The lowest BCUT2D eigenvalue weighted by Crippen LogP contribution is -2.26. The molecule has 0 radical (unpaired) electrons. The predicted molar refractivity (Wildman–Crippen MR) is 66.5 cm³/mol. The molecule has 4 nitrogen and oxygen atoms in total. The van der Waals surface area contributed by atoms with Gasteiger partial charge in [-0.2, -0.15) is 0 Å². The zero-order chi connectivity index (χ0) is 14.2. The van der Waals surface area contributed by atoms with Crippen molar-refractivity contribution < 1.29 is 23.1 Å². The summed E-state index contributed by atoms with van der Waals surface area (Å²) in [4.78, 5) is 24.5. The molecule has 1 atom stereocenters. The highest BCUT2D eigenvalue weighted by Crippen LogP contribution is 2.33. The summed E-state index contributed by atoms with van der Waals surface area (Å²) in [6.45, 7) is 0.0924. The quantitative estimate of drug-likeness (QED) is 0.616. The van der Waals surface area contributed by atoms with E-state index in [2.05, 4.69) is 20.7 Å². The normalized spacial score (nSPS) is 18.8. The van der Waals surface area contributed by atoms with Crippen molar-refractivity contribution in [2.24, 2.45) is 5.92 Å². The predicted octanol–water partition coefficient (Wildman–Crippen LogP) is 2.25. The minimum atomic E-state index is -1.05. The molecule has 1 aromatic rings. The zero-order valence-electron chi connectivity index (χ0n) is 9.95. The summed E-state index contributed by atoms with van der Waals surface area (Å²) in [5.74, 6) is -3.46. The molecule has 2 rings (SSSR count). The fourth-order valence-electron chi connectivity index (χ4n) is 1.98. The molecule has 1 aromatic carbocycles. The smallest absolute Gasteiger partial charge is 0.311 e. The Morgan fingerprint density at radius 3 is 2.68 bits per heavy atom. The van der Waals surface area contributed by atoms with Gasteiger partial charge in [-0.05, 0) is 22.0 Å². The molecule has 1 fully saturated rings. The molecule has 1 saturated heterocycles. The van der Waals surface area contributed by atoms with Gasteiger partial charge in [0.2, 0.25) is 5.91 Å². The number of hydrogen-bond donors (Lipinski definition) is 0. The minimum Gasteiger partial charge on any atom is -0.469 e. The van der Waals surface area contributed by atoms with Gasteiger partial charge in [0.05, 0.1) is 18.7 Å². The molecule has 1 heterocycles. The maximum Gasteiger partial charge on any atom is 0.311 e. The molecule has 0 spiro atoms. The highest BCUT2D eigenvalue weighted by Gasteiger charge is 2.36. The summed E-state index contributed by atoms with van der Waals surface area (Å²) in [5, 5.41) is 0. The first-order chi connectivity index (χ1) is 8.93. The fourth-order valence-corrected chi connectivity index (χ4v) is 2.51. The lowest BCUT2D eigenvalue weighted by atomic mass is 10.1. The van der Waals surface area contributed by atoms with Gasteiger partial charge < -0.3 is 9.64 Å². The van der Waals surface area contributed by atoms with Crippen LogP contribution >= 0.6 is 15.9 Å². The van der Waals surface area contributed by atoms with E-state index < -0.39 is 23.5 Å². The van der Waals surface area contributed by atoms with Crippen LogP contribution in [0.15, 0.2) is 16.6 Å². The van der Waals surface area contributed by atoms with Crippen LogP contribution in [0.2, 0.25) is 0 Å². The fraction of sp³-hybridized carbons (Fsp3) is 0.333. The van der Waals surface area contributed by atoms with Crippen molar-refractivity contribution >= 4 is 33.5 Å². The van der Waals surface area contributed by atoms with E-state index in [0.717, 1.165) is 12.1 Å². The van der Waals surface area contributed by atoms with Crippen molar-refractivity contribution in [1.82, 2.24) is 0 Å². The van der Waals surface area contributed by atoms with Crippen LogP contribution in [-0.2, 0) is 14.3 Å². The van der Waals surface area contributed by atoms with Crippen LogP contribution in [0.5, 0.6) is 0 Å². The van der Waals surface area contributed by atoms with Crippen molar-refractivity contribution in [1.29, 1.82) is 0 Å². The lowest BCUT2D eigenvalue weighted by Gasteiger charge is -2.18. The van der Waals surface area contributed by atoms with Gasteiger partial charge in [0.25, 0.3) is 0 Å². The van der Waals surface area contributed by atoms with E-state index in [1.165, 1.54) is 12.0 Å². The topological polar surface area (TPSA) is 46.6 Å². The third-order valence-electron chi connectivity index (χ3n) is 2.94. The third kappa shape index (κ3) is 2.60. The number of ether oxygens (including phenoxy) is 1. The van der Waals surface area contributed by atoms with E-state index >= 15 is 0 Å². The number of carbonyl (C=O) groups excluding carboxylic acids is 2. The Balaban J connectivity index is 2.30. The highest BCUT2D eigenvalue weighted by atomic mass is 79.9. The summed E-state index contributed by atoms with van der Waals surface area (Å²) >= 11 is 3.08. The van der Waals surface area contributed by atoms with Gasteiger partial charge in [0.15, 0.2) is 11.6 Å². The Morgan fingerprint density at radius 2 is 2.05 bits per heavy atom. The molecular weight excluding hydrogens is 324 g/mol. The van der Waals surface area contributed by atoms with Crippen LogP contribution < -0.4 is 4.90 Å². The lowest BCUT2D eigenvalue weighted by molar-refractivity contribution is -0.145. The Morgan fingerprint density at radius 1 is 1.42 bits per heavy atom. The molecule has 0 aliphatic carbocycles. The van der Waals surface area contributed by atoms with Gasteiger partial charge in [-0.1, -0.05) is 0 Å². The maximum atomic E-state index is 13.2. The number of nitrogens with zero attached hydrogens (tertiary/aromatic N) is 1. The molecule has 0 aromatic heterocycles. The number of carbonyl (C=O) groups is 2. The number of hydrogen-bond acceptors (Lipinski definition) is 3. The van der Waals surface area contributed by atoms with Gasteiger partial charge in [-0.3, -0.25) is 9.59 Å². The first-order valence-corrected chi connectivity index (χ1v) is 6.26. The van der Waals surface area contributed by atoms with Gasteiger partial charge >= 0.3 is 5.97 Å². The molecule has 7 heteroatoms. The van der Waals surface area contributed by atoms with E-state index in [1.54, 1.807) is 0 Å². The van der Waals surface area contributed by atoms with Crippen molar-refractivity contribution in [3.8, 4) is 0 Å². The molecule has 1 amide bonds. The van der Waals surface area contributed by atoms with Crippen LogP contribution in [0.4, 0.5) is 14.5 Å². The van der Waals surface area contributed by atoms with Gasteiger partial charge in [0.1, 0.15) is 0 Å². The molecule has 0 N–H and O–H groups in total. The summed E-state index contributed by atoms with van der Waals surface area (Å²) in [5.41, 5.74) is 0.204. The van der Waals surface area contributed by atoms with E-state index in [-0.39, 0.29) is 29.0 Å². The molecule has 1 aliphatic heterocycles. The summed E-state index contributed by atoms with van der Waals surface area (Å²) in [6.07, 6.45) is -0.00188. The number of amides is 1. The third-order valence-corrected chi connectivity index (χ3v) is 3.58. The monoisotopic (exact) mass is 333 g/mol. The summed E-state index contributed by atoms with van der Waals surface area (Å²) < 4.78 is 31.1. The van der Waals surface area contributed by atoms with E-state index in [4.69, 9.17) is 0 Å². The Hall–Kier alpha value is -1.50. The second-order valence-corrected chi connectivity index (χ2v) is 5.00. The van der Waals surface area contributed by atoms with E-state index in [0.29, 0.717) is 0 Å². The van der Waals surface area contributed by atoms with Crippen molar-refractivity contribution in [3.63, 3.8) is 0 Å². The van der Waals surface area contributed by atoms with Gasteiger partial charge in [0, 0.05) is 23.5 Å². The summed E-state index contributed by atoms with van der Waals surface area (Å²) in [7, 11) is 1.24. The zero-order valence-corrected chi connectivity index (χ0v) is 11.5. The first kappa shape index (κ1) is 13.9. The second kappa shape index (κ2) is 5.24. The van der Waals surface area contributed by atoms with Crippen molar-refractivity contribution in [3.05, 3.63) is 28.2 Å². The van der Waals surface area contributed by atoms with Gasteiger partial charge in [-0.15, -0.1) is 0 Å². The largest absolute Gasteiger partial charge is 0.469 e. The van der Waals surface area contributed by atoms with Crippen LogP contribution in [0.1, 0.15) is 6.42 Å². The molecule has 0 saturated carbocycles. The maximum absolute atomic E-state index is 13.2. The van der Waals surface area contributed by atoms with Crippen LogP contribution in [0.3, 0.4) is 0 Å². The van der Waals surface area contributed by atoms with E-state index in [1.807, 2.05) is 0 Å². The molecule has 0 bridgehead atoms.